The highest BCUT2D eigenvalue weighted by molar-refractivity contribution is 7.89. The van der Waals surface area contributed by atoms with E-state index in [4.69, 9.17) is 4.74 Å². The summed E-state index contributed by atoms with van der Waals surface area (Å²) in [6.45, 7) is 2.71. The number of hydrogen-bond donors (Lipinski definition) is 2. The summed E-state index contributed by atoms with van der Waals surface area (Å²) in [5.74, 6) is -0.0828. The van der Waals surface area contributed by atoms with Crippen molar-refractivity contribution in [3.63, 3.8) is 0 Å². The van der Waals surface area contributed by atoms with Crippen molar-refractivity contribution in [1.29, 1.82) is 0 Å². The quantitative estimate of drug-likeness (QED) is 0.678. The Morgan fingerprint density at radius 1 is 1.23 bits per heavy atom. The molecular formula is C15H24N2O4S. The monoisotopic (exact) mass is 328 g/mol. The van der Waals surface area contributed by atoms with Crippen LogP contribution >= 0.6 is 0 Å². The zero-order valence-corrected chi connectivity index (χ0v) is 14.1. The average Bonchev–Trinajstić information content (AvgIpc) is 2.53. The van der Waals surface area contributed by atoms with Gasteiger partial charge in [0.05, 0.1) is 7.11 Å². The van der Waals surface area contributed by atoms with Crippen molar-refractivity contribution in [3.05, 3.63) is 23.8 Å². The van der Waals surface area contributed by atoms with E-state index in [2.05, 4.69) is 17.0 Å². The first-order valence-electron chi connectivity index (χ1n) is 7.36. The fraction of sp³-hybridized carbons (Fsp3) is 0.533. The van der Waals surface area contributed by atoms with E-state index < -0.39 is 10.0 Å². The van der Waals surface area contributed by atoms with Crippen LogP contribution in [0.5, 0.6) is 5.75 Å². The van der Waals surface area contributed by atoms with E-state index in [1.54, 1.807) is 6.07 Å². The van der Waals surface area contributed by atoms with Crippen LogP contribution in [0, 0.1) is 0 Å². The van der Waals surface area contributed by atoms with Crippen LogP contribution in [0.25, 0.3) is 0 Å². The highest BCUT2D eigenvalue weighted by Gasteiger charge is 2.19. The third-order valence-electron chi connectivity index (χ3n) is 3.30. The molecule has 0 atom stereocenters. The maximum Gasteiger partial charge on any atom is 0.251 e. The fourth-order valence-electron chi connectivity index (χ4n) is 1.99. The van der Waals surface area contributed by atoms with E-state index in [1.165, 1.54) is 26.3 Å². The maximum atomic E-state index is 12.1. The molecule has 6 nitrogen and oxygen atoms in total. The second-order valence-electron chi connectivity index (χ2n) is 4.89. The van der Waals surface area contributed by atoms with Gasteiger partial charge >= 0.3 is 0 Å². The van der Waals surface area contributed by atoms with Gasteiger partial charge in [0.25, 0.3) is 5.91 Å². The molecule has 0 saturated carbocycles. The van der Waals surface area contributed by atoms with Crippen molar-refractivity contribution in [2.24, 2.45) is 0 Å². The number of nitrogens with one attached hydrogen (secondary N) is 2. The second-order valence-corrected chi connectivity index (χ2v) is 6.74. The number of sulfonamides is 1. The van der Waals surface area contributed by atoms with Gasteiger partial charge in [-0.15, -0.1) is 0 Å². The number of unbranched alkanes of at least 4 members (excludes halogenated alkanes) is 3. The van der Waals surface area contributed by atoms with Crippen LogP contribution in [0.3, 0.4) is 0 Å². The van der Waals surface area contributed by atoms with Crippen LogP contribution in [0.4, 0.5) is 0 Å². The molecule has 0 saturated heterocycles. The van der Waals surface area contributed by atoms with Crippen molar-refractivity contribution >= 4 is 15.9 Å². The SMILES string of the molecule is CCCCCCNC(=O)c1ccc(OC)c(S(=O)(=O)NC)c1. The lowest BCUT2D eigenvalue weighted by Gasteiger charge is -2.11. The summed E-state index contributed by atoms with van der Waals surface area (Å²) in [4.78, 5) is 12.0. The minimum Gasteiger partial charge on any atom is -0.495 e. The Bertz CT molecular complexity index is 600. The molecule has 22 heavy (non-hydrogen) atoms. The molecule has 0 heterocycles. The van der Waals surface area contributed by atoms with Gasteiger partial charge in [-0.3, -0.25) is 4.79 Å². The number of hydrogen-bond acceptors (Lipinski definition) is 4. The van der Waals surface area contributed by atoms with Crippen molar-refractivity contribution in [2.45, 2.75) is 37.5 Å². The predicted octanol–water partition coefficient (Wildman–Crippen LogP) is 1.91. The number of ether oxygens (including phenoxy) is 1. The van der Waals surface area contributed by atoms with Gasteiger partial charge in [-0.1, -0.05) is 26.2 Å². The first-order valence-corrected chi connectivity index (χ1v) is 8.84. The lowest BCUT2D eigenvalue weighted by Crippen LogP contribution is -2.25. The molecule has 124 valence electrons. The highest BCUT2D eigenvalue weighted by atomic mass is 32.2. The van der Waals surface area contributed by atoms with Gasteiger partial charge in [0.2, 0.25) is 10.0 Å². The second kappa shape index (κ2) is 8.75. The van der Waals surface area contributed by atoms with E-state index in [1.807, 2.05) is 0 Å². The molecule has 2 N–H and O–H groups in total. The smallest absolute Gasteiger partial charge is 0.251 e. The van der Waals surface area contributed by atoms with Crippen LogP contribution in [0.2, 0.25) is 0 Å². The van der Waals surface area contributed by atoms with Gasteiger partial charge in [-0.05, 0) is 31.7 Å². The molecule has 0 aliphatic carbocycles. The number of amides is 1. The van der Waals surface area contributed by atoms with E-state index >= 15 is 0 Å². The van der Waals surface area contributed by atoms with Gasteiger partial charge in [0.15, 0.2) is 0 Å². The summed E-state index contributed by atoms with van der Waals surface area (Å²) in [6.07, 6.45) is 4.26. The number of methoxy groups -OCH3 is 1. The Morgan fingerprint density at radius 3 is 2.55 bits per heavy atom. The lowest BCUT2D eigenvalue weighted by atomic mass is 10.2. The third kappa shape index (κ3) is 4.99. The Kier molecular flexibility index (Phi) is 7.34. The molecule has 0 spiro atoms. The van der Waals surface area contributed by atoms with Gasteiger partial charge in [-0.25, -0.2) is 13.1 Å². The average molecular weight is 328 g/mol. The van der Waals surface area contributed by atoms with Gasteiger partial charge in [0.1, 0.15) is 10.6 Å². The van der Waals surface area contributed by atoms with Gasteiger partial charge in [-0.2, -0.15) is 0 Å². The topological polar surface area (TPSA) is 84.5 Å². The Hall–Kier alpha value is -1.60. The van der Waals surface area contributed by atoms with Crippen molar-refractivity contribution in [1.82, 2.24) is 10.0 Å². The Morgan fingerprint density at radius 2 is 1.95 bits per heavy atom. The normalized spacial score (nSPS) is 11.2. The molecular weight excluding hydrogens is 304 g/mol. The van der Waals surface area contributed by atoms with Crippen LogP contribution in [0.1, 0.15) is 43.0 Å². The molecule has 0 aromatic heterocycles. The molecule has 1 aromatic rings. The zero-order chi connectivity index (χ0) is 16.6. The van der Waals surface area contributed by atoms with Crippen molar-refractivity contribution in [2.75, 3.05) is 20.7 Å². The van der Waals surface area contributed by atoms with Gasteiger partial charge in [0, 0.05) is 12.1 Å². The van der Waals surface area contributed by atoms with E-state index in [0.717, 1.165) is 25.7 Å². The van der Waals surface area contributed by atoms with Crippen LogP contribution in [0.15, 0.2) is 23.1 Å². The minimum atomic E-state index is -3.68. The van der Waals surface area contributed by atoms with Gasteiger partial charge < -0.3 is 10.1 Å². The maximum absolute atomic E-state index is 12.1. The summed E-state index contributed by atoms with van der Waals surface area (Å²) in [5, 5.41) is 2.80. The molecule has 0 radical (unpaired) electrons. The predicted molar refractivity (Wildman–Crippen MR) is 85.7 cm³/mol. The minimum absolute atomic E-state index is 0.0452. The highest BCUT2D eigenvalue weighted by Crippen LogP contribution is 2.24. The summed E-state index contributed by atoms with van der Waals surface area (Å²) in [7, 11) is -0.983. The number of benzene rings is 1. The summed E-state index contributed by atoms with van der Waals surface area (Å²) < 4.78 is 31.2. The van der Waals surface area contributed by atoms with Crippen LogP contribution in [-0.4, -0.2) is 35.0 Å². The Labute approximate surface area is 132 Å². The van der Waals surface area contributed by atoms with Crippen molar-refractivity contribution in [3.8, 4) is 5.75 Å². The molecule has 0 bridgehead atoms. The number of carbonyl (C=O) groups is 1. The first-order chi connectivity index (χ1) is 10.5. The molecule has 7 heteroatoms. The largest absolute Gasteiger partial charge is 0.495 e. The lowest BCUT2D eigenvalue weighted by molar-refractivity contribution is 0.0952. The summed E-state index contributed by atoms with van der Waals surface area (Å²) in [6, 6.07) is 4.36. The molecule has 1 aromatic carbocycles. The molecule has 1 rings (SSSR count). The van der Waals surface area contributed by atoms with E-state index in [0.29, 0.717) is 12.1 Å². The molecule has 0 aliphatic heterocycles. The molecule has 1 amide bonds. The number of carbonyl (C=O) groups excluding carboxylic acids is 1. The first kappa shape index (κ1) is 18.4. The molecule has 0 fully saturated rings. The van der Waals surface area contributed by atoms with Crippen LogP contribution in [-0.2, 0) is 10.0 Å². The fourth-order valence-corrected chi connectivity index (χ4v) is 2.91. The standard InChI is InChI=1S/C15H24N2O4S/c1-4-5-6-7-10-17-15(18)12-8-9-13(21-3)14(11-12)22(19,20)16-2/h8-9,11,16H,4-7,10H2,1-3H3,(H,17,18). The summed E-state index contributed by atoms with van der Waals surface area (Å²) in [5.41, 5.74) is 0.296. The molecule has 0 unspecified atom stereocenters. The van der Waals surface area contributed by atoms with E-state index in [-0.39, 0.29) is 16.6 Å². The summed E-state index contributed by atoms with van der Waals surface area (Å²) >= 11 is 0. The Balaban J connectivity index is 2.84. The third-order valence-corrected chi connectivity index (χ3v) is 4.74. The molecule has 0 aliphatic rings. The van der Waals surface area contributed by atoms with Crippen molar-refractivity contribution < 1.29 is 17.9 Å². The van der Waals surface area contributed by atoms with E-state index in [9.17, 15) is 13.2 Å². The number of rotatable bonds is 9. The van der Waals surface area contributed by atoms with Crippen LogP contribution < -0.4 is 14.8 Å². The zero-order valence-electron chi connectivity index (χ0n) is 13.3.